The van der Waals surface area contributed by atoms with Gasteiger partial charge in [0.2, 0.25) is 0 Å². The van der Waals surface area contributed by atoms with Gasteiger partial charge in [-0.2, -0.15) is 0 Å². The fourth-order valence-corrected chi connectivity index (χ4v) is 3.83. The first-order valence-corrected chi connectivity index (χ1v) is 12.7. The molecule has 0 heterocycles. The van der Waals surface area contributed by atoms with Crippen LogP contribution in [-0.4, -0.2) is 55.4 Å². The molecule has 8 nitrogen and oxygen atoms in total. The van der Waals surface area contributed by atoms with E-state index in [-0.39, 0.29) is 6.03 Å². The predicted molar refractivity (Wildman–Crippen MR) is 141 cm³/mol. The zero-order valence-corrected chi connectivity index (χ0v) is 21.9. The molecule has 2 aromatic rings. The number of hydrogen-bond donors (Lipinski definition) is 2. The Kier molecular flexibility index (Phi) is 12.4. The van der Waals surface area contributed by atoms with Crippen LogP contribution in [0.5, 0.6) is 17.2 Å². The Hall–Kier alpha value is -3.42. The molecule has 0 bridgehead atoms. The van der Waals surface area contributed by atoms with Gasteiger partial charge in [0.15, 0.2) is 6.10 Å². The summed E-state index contributed by atoms with van der Waals surface area (Å²) in [7, 11) is 3.13. The number of aliphatic carboxylic acids is 1. The molecule has 0 saturated carbocycles. The number of nitrogens with one attached hydrogen (secondary N) is 1. The van der Waals surface area contributed by atoms with E-state index < -0.39 is 12.1 Å². The molecule has 0 saturated heterocycles. The van der Waals surface area contributed by atoms with Crippen molar-refractivity contribution in [3.05, 3.63) is 48.0 Å². The number of carboxylic acid groups (broad SMARTS) is 1. The molecule has 2 N–H and O–H groups in total. The lowest BCUT2D eigenvalue weighted by Gasteiger charge is -2.24. The summed E-state index contributed by atoms with van der Waals surface area (Å²) in [6, 6.07) is 12.5. The molecule has 0 aliphatic rings. The largest absolute Gasteiger partial charge is 0.497 e. The number of benzene rings is 2. The standard InChI is InChI=1S/C28H40N2O6/c1-5-7-8-9-10-17-30(28(33)29-24-15-14-22(34-3)20-26(24)35-4)18-16-21-12-11-13-23(19-21)36-25(6-2)27(31)32/h11-15,19-20,25H,5-10,16-18H2,1-4H3,(H,29,33)(H,31,32). The highest BCUT2D eigenvalue weighted by Gasteiger charge is 2.18. The molecule has 0 spiro atoms. The molecular weight excluding hydrogens is 460 g/mol. The summed E-state index contributed by atoms with van der Waals surface area (Å²) in [4.78, 5) is 26.4. The van der Waals surface area contributed by atoms with E-state index in [1.807, 2.05) is 23.1 Å². The third-order valence-electron chi connectivity index (χ3n) is 5.96. The van der Waals surface area contributed by atoms with Crippen LogP contribution >= 0.6 is 0 Å². The Morgan fingerprint density at radius 1 is 0.944 bits per heavy atom. The molecule has 1 unspecified atom stereocenters. The van der Waals surface area contributed by atoms with Gasteiger partial charge in [-0.25, -0.2) is 9.59 Å². The van der Waals surface area contributed by atoms with Gasteiger partial charge in [0, 0.05) is 19.2 Å². The van der Waals surface area contributed by atoms with Crippen molar-refractivity contribution in [2.45, 2.75) is 64.9 Å². The van der Waals surface area contributed by atoms with Crippen LogP contribution in [0.1, 0.15) is 57.9 Å². The van der Waals surface area contributed by atoms with Gasteiger partial charge < -0.3 is 29.5 Å². The maximum absolute atomic E-state index is 13.2. The summed E-state index contributed by atoms with van der Waals surface area (Å²) >= 11 is 0. The van der Waals surface area contributed by atoms with Gasteiger partial charge in [0.1, 0.15) is 17.2 Å². The van der Waals surface area contributed by atoms with Crippen LogP contribution < -0.4 is 19.5 Å². The number of carbonyl (C=O) groups is 2. The van der Waals surface area contributed by atoms with Crippen LogP contribution in [0.15, 0.2) is 42.5 Å². The monoisotopic (exact) mass is 500 g/mol. The molecule has 1 atom stereocenters. The van der Waals surface area contributed by atoms with E-state index in [0.717, 1.165) is 24.8 Å². The van der Waals surface area contributed by atoms with Crippen molar-refractivity contribution in [3.8, 4) is 17.2 Å². The average Bonchev–Trinajstić information content (AvgIpc) is 2.89. The van der Waals surface area contributed by atoms with Crippen LogP contribution in [0, 0.1) is 0 Å². The SMILES string of the molecule is CCCCCCCN(CCc1cccc(OC(CC)C(=O)O)c1)C(=O)Nc1ccc(OC)cc1OC. The molecular formula is C28H40N2O6. The summed E-state index contributed by atoms with van der Waals surface area (Å²) in [6.45, 7) is 5.11. The van der Waals surface area contributed by atoms with Gasteiger partial charge in [-0.15, -0.1) is 0 Å². The number of unbranched alkanes of at least 4 members (excludes halogenated alkanes) is 4. The summed E-state index contributed by atoms with van der Waals surface area (Å²) in [5.41, 5.74) is 1.55. The first-order chi connectivity index (χ1) is 17.4. The molecule has 0 aliphatic carbocycles. The van der Waals surface area contributed by atoms with Crippen LogP contribution in [-0.2, 0) is 11.2 Å². The summed E-state index contributed by atoms with van der Waals surface area (Å²) < 4.78 is 16.3. The van der Waals surface area contributed by atoms with Crippen LogP contribution in [0.25, 0.3) is 0 Å². The number of hydrogen-bond acceptors (Lipinski definition) is 5. The number of ether oxygens (including phenoxy) is 3. The number of nitrogens with zero attached hydrogens (tertiary/aromatic N) is 1. The highest BCUT2D eigenvalue weighted by molar-refractivity contribution is 5.91. The maximum Gasteiger partial charge on any atom is 0.344 e. The van der Waals surface area contributed by atoms with Crippen LogP contribution in [0.4, 0.5) is 10.5 Å². The number of carboxylic acids is 1. The van der Waals surface area contributed by atoms with E-state index in [1.165, 1.54) is 12.8 Å². The first-order valence-electron chi connectivity index (χ1n) is 12.7. The Morgan fingerprint density at radius 3 is 2.39 bits per heavy atom. The highest BCUT2D eigenvalue weighted by atomic mass is 16.5. The Morgan fingerprint density at radius 2 is 1.72 bits per heavy atom. The Bertz CT molecular complexity index is 965. The van der Waals surface area contributed by atoms with Gasteiger partial charge in [-0.3, -0.25) is 0 Å². The second kappa shape index (κ2) is 15.5. The summed E-state index contributed by atoms with van der Waals surface area (Å²) in [5.74, 6) is 0.704. The van der Waals surface area contributed by atoms with E-state index in [1.54, 1.807) is 45.4 Å². The molecule has 0 aliphatic heterocycles. The van der Waals surface area contributed by atoms with E-state index >= 15 is 0 Å². The van der Waals surface area contributed by atoms with Gasteiger partial charge in [-0.1, -0.05) is 51.7 Å². The van der Waals surface area contributed by atoms with E-state index in [9.17, 15) is 14.7 Å². The van der Waals surface area contributed by atoms with E-state index in [0.29, 0.717) is 48.9 Å². The van der Waals surface area contributed by atoms with Crippen molar-refractivity contribution in [1.82, 2.24) is 4.90 Å². The number of amides is 2. The van der Waals surface area contributed by atoms with Gasteiger partial charge in [0.05, 0.1) is 19.9 Å². The molecule has 198 valence electrons. The quantitative estimate of drug-likeness (QED) is 0.275. The third kappa shape index (κ3) is 9.32. The zero-order chi connectivity index (χ0) is 26.3. The van der Waals surface area contributed by atoms with Crippen molar-refractivity contribution in [2.24, 2.45) is 0 Å². The molecule has 2 rings (SSSR count). The predicted octanol–water partition coefficient (Wildman–Crippen LogP) is 5.99. The van der Waals surface area contributed by atoms with E-state index in [2.05, 4.69) is 12.2 Å². The van der Waals surface area contributed by atoms with Gasteiger partial charge in [-0.05, 0) is 49.1 Å². The van der Waals surface area contributed by atoms with Crippen molar-refractivity contribution >= 4 is 17.7 Å². The van der Waals surface area contributed by atoms with E-state index in [4.69, 9.17) is 14.2 Å². The van der Waals surface area contributed by atoms with Crippen molar-refractivity contribution in [2.75, 3.05) is 32.6 Å². The number of anilines is 1. The topological polar surface area (TPSA) is 97.3 Å². The Balaban J connectivity index is 2.09. The smallest absolute Gasteiger partial charge is 0.344 e. The number of urea groups is 1. The molecule has 0 radical (unpaired) electrons. The fourth-order valence-electron chi connectivity index (χ4n) is 3.83. The van der Waals surface area contributed by atoms with Crippen molar-refractivity contribution in [3.63, 3.8) is 0 Å². The maximum atomic E-state index is 13.2. The molecule has 2 aromatic carbocycles. The minimum absolute atomic E-state index is 0.196. The molecule has 2 amide bonds. The first kappa shape index (κ1) is 28.8. The normalized spacial score (nSPS) is 11.4. The van der Waals surface area contributed by atoms with Crippen LogP contribution in [0.2, 0.25) is 0 Å². The lowest BCUT2D eigenvalue weighted by molar-refractivity contribution is -0.145. The van der Waals surface area contributed by atoms with Gasteiger partial charge >= 0.3 is 12.0 Å². The highest BCUT2D eigenvalue weighted by Crippen LogP contribution is 2.29. The molecule has 0 fully saturated rings. The lowest BCUT2D eigenvalue weighted by atomic mass is 10.1. The number of carbonyl (C=O) groups excluding carboxylic acids is 1. The second-order valence-corrected chi connectivity index (χ2v) is 8.65. The van der Waals surface area contributed by atoms with Crippen molar-refractivity contribution < 1.29 is 28.9 Å². The zero-order valence-electron chi connectivity index (χ0n) is 21.9. The minimum Gasteiger partial charge on any atom is -0.497 e. The average molecular weight is 501 g/mol. The Labute approximate surface area is 214 Å². The number of methoxy groups -OCH3 is 2. The second-order valence-electron chi connectivity index (χ2n) is 8.65. The number of rotatable bonds is 16. The minimum atomic E-state index is -0.984. The van der Waals surface area contributed by atoms with Crippen LogP contribution in [0.3, 0.4) is 0 Å². The summed E-state index contributed by atoms with van der Waals surface area (Å²) in [6.07, 6.45) is 5.61. The molecule has 0 aromatic heterocycles. The van der Waals surface area contributed by atoms with Crippen molar-refractivity contribution in [1.29, 1.82) is 0 Å². The molecule has 36 heavy (non-hydrogen) atoms. The third-order valence-corrected chi connectivity index (χ3v) is 5.96. The summed E-state index contributed by atoms with van der Waals surface area (Å²) in [5, 5.41) is 12.2. The molecule has 8 heteroatoms. The lowest BCUT2D eigenvalue weighted by Crippen LogP contribution is -2.37. The fraction of sp³-hybridized carbons (Fsp3) is 0.500. The van der Waals surface area contributed by atoms with Gasteiger partial charge in [0.25, 0.3) is 0 Å².